The van der Waals surface area contributed by atoms with E-state index in [1.54, 1.807) is 30.0 Å². The molecule has 2 aromatic carbocycles. The summed E-state index contributed by atoms with van der Waals surface area (Å²) < 4.78 is 5.60. The van der Waals surface area contributed by atoms with Gasteiger partial charge in [-0.2, -0.15) is 0 Å². The molecule has 130 valence electrons. The number of rotatable bonds is 4. The molecule has 0 bridgehead atoms. The third kappa shape index (κ3) is 3.77. The molecule has 1 unspecified atom stereocenters. The van der Waals surface area contributed by atoms with E-state index in [1.807, 2.05) is 31.2 Å². The fourth-order valence-electron chi connectivity index (χ4n) is 2.78. The molecule has 0 fully saturated rings. The number of aryl methyl sites for hydroxylation is 1. The van der Waals surface area contributed by atoms with E-state index in [0.717, 1.165) is 11.3 Å². The van der Waals surface area contributed by atoms with Gasteiger partial charge in [-0.3, -0.25) is 9.59 Å². The summed E-state index contributed by atoms with van der Waals surface area (Å²) in [6, 6.07) is 12.6. The van der Waals surface area contributed by atoms with Crippen molar-refractivity contribution < 1.29 is 14.3 Å². The van der Waals surface area contributed by atoms with Gasteiger partial charge in [-0.1, -0.05) is 23.7 Å². The Morgan fingerprint density at radius 2 is 2.04 bits per heavy atom. The lowest BCUT2D eigenvalue weighted by Gasteiger charge is -2.32. The van der Waals surface area contributed by atoms with Gasteiger partial charge in [0.15, 0.2) is 6.10 Å². The standard InChI is InChI=1S/C19H19ClN2O3/c1-12-11-14(20)7-8-15(12)21-18(23)9-10-22-16-5-3-4-6-17(16)25-13(2)19(22)24/h3-8,11,13H,9-10H2,1-2H3,(H,21,23). The summed E-state index contributed by atoms with van der Waals surface area (Å²) in [5, 5.41) is 3.49. The highest BCUT2D eigenvalue weighted by atomic mass is 35.5. The largest absolute Gasteiger partial charge is 0.479 e. The zero-order valence-corrected chi connectivity index (χ0v) is 14.8. The zero-order chi connectivity index (χ0) is 18.0. The smallest absolute Gasteiger partial charge is 0.267 e. The molecule has 0 spiro atoms. The third-order valence-electron chi connectivity index (χ3n) is 4.10. The number of ether oxygens (including phenoxy) is 1. The Morgan fingerprint density at radius 3 is 2.80 bits per heavy atom. The molecule has 1 aliphatic rings. The van der Waals surface area contributed by atoms with Crippen LogP contribution in [0.4, 0.5) is 11.4 Å². The van der Waals surface area contributed by atoms with E-state index in [-0.39, 0.29) is 18.2 Å². The van der Waals surface area contributed by atoms with E-state index in [4.69, 9.17) is 16.3 Å². The van der Waals surface area contributed by atoms with Crippen molar-refractivity contribution >= 4 is 34.8 Å². The van der Waals surface area contributed by atoms with Gasteiger partial charge >= 0.3 is 0 Å². The Labute approximate surface area is 151 Å². The zero-order valence-electron chi connectivity index (χ0n) is 14.1. The number of anilines is 2. The van der Waals surface area contributed by atoms with Gasteiger partial charge in [-0.25, -0.2) is 0 Å². The second kappa shape index (κ2) is 7.15. The van der Waals surface area contributed by atoms with Crippen LogP contribution >= 0.6 is 11.6 Å². The van der Waals surface area contributed by atoms with E-state index in [1.165, 1.54) is 0 Å². The van der Waals surface area contributed by atoms with Crippen LogP contribution in [0, 0.1) is 6.92 Å². The first-order valence-electron chi connectivity index (χ1n) is 8.09. The van der Waals surface area contributed by atoms with Crippen LogP contribution in [0.3, 0.4) is 0 Å². The van der Waals surface area contributed by atoms with Crippen molar-refractivity contribution in [1.82, 2.24) is 0 Å². The number of fused-ring (bicyclic) bond motifs is 1. The number of benzene rings is 2. The molecule has 0 radical (unpaired) electrons. The van der Waals surface area contributed by atoms with E-state index in [2.05, 4.69) is 5.32 Å². The minimum absolute atomic E-state index is 0.144. The van der Waals surface area contributed by atoms with Crippen molar-refractivity contribution in [2.24, 2.45) is 0 Å². The molecule has 6 heteroatoms. The van der Waals surface area contributed by atoms with Crippen LogP contribution in [0.5, 0.6) is 5.75 Å². The highest BCUT2D eigenvalue weighted by Crippen LogP contribution is 2.33. The Morgan fingerprint density at radius 1 is 1.28 bits per heavy atom. The number of para-hydroxylation sites is 2. The molecule has 0 saturated carbocycles. The number of hydrogen-bond donors (Lipinski definition) is 1. The Hall–Kier alpha value is -2.53. The van der Waals surface area contributed by atoms with Gasteiger partial charge in [0, 0.05) is 23.7 Å². The van der Waals surface area contributed by atoms with E-state index in [0.29, 0.717) is 23.0 Å². The fraction of sp³-hybridized carbons (Fsp3) is 0.263. The molecule has 5 nitrogen and oxygen atoms in total. The molecule has 2 aromatic rings. The van der Waals surface area contributed by atoms with Gasteiger partial charge in [-0.05, 0) is 49.7 Å². The summed E-state index contributed by atoms with van der Waals surface area (Å²) in [6.45, 7) is 3.88. The predicted molar refractivity (Wildman–Crippen MR) is 98.3 cm³/mol. The molecule has 0 saturated heterocycles. The minimum Gasteiger partial charge on any atom is -0.479 e. The highest BCUT2D eigenvalue weighted by Gasteiger charge is 2.31. The van der Waals surface area contributed by atoms with Crippen molar-refractivity contribution in [3.05, 3.63) is 53.1 Å². The number of carbonyl (C=O) groups is 2. The van der Waals surface area contributed by atoms with Gasteiger partial charge in [0.25, 0.3) is 5.91 Å². The van der Waals surface area contributed by atoms with Crippen LogP contribution < -0.4 is 15.0 Å². The van der Waals surface area contributed by atoms with Crippen LogP contribution in [-0.2, 0) is 9.59 Å². The molecule has 25 heavy (non-hydrogen) atoms. The quantitative estimate of drug-likeness (QED) is 0.904. The van der Waals surface area contributed by atoms with Crippen molar-refractivity contribution in [2.75, 3.05) is 16.8 Å². The van der Waals surface area contributed by atoms with E-state index >= 15 is 0 Å². The second-order valence-electron chi connectivity index (χ2n) is 5.98. The van der Waals surface area contributed by atoms with Gasteiger partial charge in [-0.15, -0.1) is 0 Å². The van der Waals surface area contributed by atoms with Crippen LogP contribution in [0.2, 0.25) is 5.02 Å². The highest BCUT2D eigenvalue weighted by molar-refractivity contribution is 6.30. The predicted octanol–water partition coefficient (Wildman–Crippen LogP) is 3.79. The van der Waals surface area contributed by atoms with Crippen molar-refractivity contribution in [3.8, 4) is 5.75 Å². The van der Waals surface area contributed by atoms with Crippen molar-refractivity contribution in [3.63, 3.8) is 0 Å². The maximum atomic E-state index is 12.4. The fourth-order valence-corrected chi connectivity index (χ4v) is 3.01. The van der Waals surface area contributed by atoms with Crippen molar-refractivity contribution in [2.45, 2.75) is 26.4 Å². The summed E-state index contributed by atoms with van der Waals surface area (Å²) in [5.41, 5.74) is 2.31. The van der Waals surface area contributed by atoms with Gasteiger partial charge in [0.05, 0.1) is 5.69 Å². The van der Waals surface area contributed by atoms with Gasteiger partial charge in [0.1, 0.15) is 5.75 Å². The first-order valence-corrected chi connectivity index (χ1v) is 8.46. The summed E-state index contributed by atoms with van der Waals surface area (Å²) in [6.07, 6.45) is -0.369. The number of hydrogen-bond acceptors (Lipinski definition) is 3. The number of nitrogens with one attached hydrogen (secondary N) is 1. The third-order valence-corrected chi connectivity index (χ3v) is 4.33. The lowest BCUT2D eigenvalue weighted by molar-refractivity contribution is -0.125. The maximum Gasteiger partial charge on any atom is 0.267 e. The molecular formula is C19H19ClN2O3. The second-order valence-corrected chi connectivity index (χ2v) is 6.41. The number of amides is 2. The molecule has 0 aliphatic carbocycles. The molecule has 1 atom stereocenters. The monoisotopic (exact) mass is 358 g/mol. The maximum absolute atomic E-state index is 12.4. The first-order chi connectivity index (χ1) is 12.0. The molecule has 3 rings (SSSR count). The molecule has 1 heterocycles. The number of carbonyl (C=O) groups excluding carboxylic acids is 2. The topological polar surface area (TPSA) is 58.6 Å². The molecule has 0 aromatic heterocycles. The van der Waals surface area contributed by atoms with Crippen LogP contribution in [-0.4, -0.2) is 24.5 Å². The normalized spacial score (nSPS) is 16.2. The molecule has 1 aliphatic heterocycles. The van der Waals surface area contributed by atoms with Gasteiger partial charge in [0.2, 0.25) is 5.91 Å². The summed E-state index contributed by atoms with van der Waals surface area (Å²) in [4.78, 5) is 26.3. The lowest BCUT2D eigenvalue weighted by atomic mass is 10.1. The van der Waals surface area contributed by atoms with E-state index < -0.39 is 6.10 Å². The Bertz CT molecular complexity index is 822. The molecule has 2 amide bonds. The Balaban J connectivity index is 1.68. The Kier molecular flexibility index (Phi) is 4.95. The lowest BCUT2D eigenvalue weighted by Crippen LogP contribution is -2.45. The van der Waals surface area contributed by atoms with Crippen molar-refractivity contribution in [1.29, 1.82) is 0 Å². The summed E-state index contributed by atoms with van der Waals surface area (Å²) in [7, 11) is 0. The number of halogens is 1. The number of nitrogens with zero attached hydrogens (tertiary/aromatic N) is 1. The average molecular weight is 359 g/mol. The minimum atomic E-state index is -0.559. The summed E-state index contributed by atoms with van der Waals surface area (Å²) in [5.74, 6) is 0.354. The van der Waals surface area contributed by atoms with Crippen LogP contribution in [0.1, 0.15) is 18.9 Å². The van der Waals surface area contributed by atoms with Gasteiger partial charge < -0.3 is 15.0 Å². The molecular weight excluding hydrogens is 340 g/mol. The molecule has 1 N–H and O–H groups in total. The first kappa shape index (κ1) is 17.3. The average Bonchev–Trinajstić information content (AvgIpc) is 2.58. The van der Waals surface area contributed by atoms with E-state index in [9.17, 15) is 9.59 Å². The summed E-state index contributed by atoms with van der Waals surface area (Å²) >= 11 is 5.93. The SMILES string of the molecule is Cc1cc(Cl)ccc1NC(=O)CCN1C(=O)C(C)Oc2ccccc21. The van der Waals surface area contributed by atoms with Crippen LogP contribution in [0.25, 0.3) is 0 Å². The van der Waals surface area contributed by atoms with Crippen LogP contribution in [0.15, 0.2) is 42.5 Å².